The third-order valence-corrected chi connectivity index (χ3v) is 6.13. The van der Waals surface area contributed by atoms with Crippen molar-refractivity contribution in [1.29, 1.82) is 0 Å². The van der Waals surface area contributed by atoms with Crippen LogP contribution in [0, 0.1) is 31.3 Å². The second-order valence-corrected chi connectivity index (χ2v) is 8.14. The molecular weight excluding hydrogens is 427 g/mol. The van der Waals surface area contributed by atoms with Crippen LogP contribution in [0.5, 0.6) is 5.75 Å². The van der Waals surface area contributed by atoms with Crippen molar-refractivity contribution in [2.75, 3.05) is 0 Å². The molecule has 8 heteroatoms. The number of aryl methyl sites for hydroxylation is 2. The maximum absolute atomic E-state index is 14.6. The van der Waals surface area contributed by atoms with Gasteiger partial charge in [0.1, 0.15) is 12.4 Å². The van der Waals surface area contributed by atoms with Crippen LogP contribution in [0.25, 0.3) is 10.4 Å². The van der Waals surface area contributed by atoms with E-state index in [1.807, 2.05) is 0 Å². The van der Waals surface area contributed by atoms with E-state index >= 15 is 0 Å². The molecule has 0 aliphatic carbocycles. The van der Waals surface area contributed by atoms with Crippen molar-refractivity contribution in [2.24, 2.45) is 0 Å². The number of aliphatic carboxylic acids is 1. The summed E-state index contributed by atoms with van der Waals surface area (Å²) >= 11 is 1.09. The standard InChI is InChI=1S/C23H22F3NO3S/c1-4-14(10-21(28)29)15-8-19(25)22(20(26)9-15)30-11-17-13(3)27-31-23(17)16-6-5-12(2)7-18(16)24/h5-9,14H,4,10-11H2,1-3H3,(H,28,29). The van der Waals surface area contributed by atoms with Crippen LogP contribution in [0.1, 0.15) is 48.1 Å². The summed E-state index contributed by atoms with van der Waals surface area (Å²) in [7, 11) is 0. The third-order valence-electron chi connectivity index (χ3n) is 5.12. The summed E-state index contributed by atoms with van der Waals surface area (Å²) in [5.41, 5.74) is 2.53. The van der Waals surface area contributed by atoms with Crippen molar-refractivity contribution in [3.8, 4) is 16.2 Å². The zero-order valence-corrected chi connectivity index (χ0v) is 18.2. The lowest BCUT2D eigenvalue weighted by Gasteiger charge is -2.16. The van der Waals surface area contributed by atoms with Crippen molar-refractivity contribution in [3.05, 3.63) is 70.2 Å². The largest absolute Gasteiger partial charge is 0.483 e. The Kier molecular flexibility index (Phi) is 7.00. The highest BCUT2D eigenvalue weighted by Gasteiger charge is 2.21. The quantitative estimate of drug-likeness (QED) is 0.433. The van der Waals surface area contributed by atoms with Crippen LogP contribution in [0.3, 0.4) is 0 Å². The fourth-order valence-electron chi connectivity index (χ4n) is 3.38. The molecule has 0 saturated heterocycles. The van der Waals surface area contributed by atoms with E-state index in [1.54, 1.807) is 32.9 Å². The Labute approximate surface area is 182 Å². The molecule has 0 spiro atoms. The normalized spacial score (nSPS) is 12.1. The Balaban J connectivity index is 1.87. The van der Waals surface area contributed by atoms with Crippen molar-refractivity contribution in [3.63, 3.8) is 0 Å². The van der Waals surface area contributed by atoms with Crippen molar-refractivity contribution in [2.45, 2.75) is 46.1 Å². The number of ether oxygens (including phenoxy) is 1. The molecule has 0 aliphatic heterocycles. The van der Waals surface area contributed by atoms with Gasteiger partial charge in [0.05, 0.1) is 17.0 Å². The number of rotatable bonds is 8. The number of halogens is 3. The van der Waals surface area contributed by atoms with E-state index in [1.165, 1.54) is 6.07 Å². The third kappa shape index (κ3) is 5.07. The zero-order chi connectivity index (χ0) is 22.7. The molecule has 0 fully saturated rings. The Morgan fingerprint density at radius 3 is 2.39 bits per heavy atom. The summed E-state index contributed by atoms with van der Waals surface area (Å²) in [6.07, 6.45) is 0.206. The van der Waals surface area contributed by atoms with Crippen LogP contribution < -0.4 is 4.74 Å². The Morgan fingerprint density at radius 1 is 1.13 bits per heavy atom. The van der Waals surface area contributed by atoms with Crippen LogP contribution in [0.15, 0.2) is 30.3 Å². The summed E-state index contributed by atoms with van der Waals surface area (Å²) < 4.78 is 53.4. The van der Waals surface area contributed by atoms with Crippen LogP contribution in [-0.4, -0.2) is 15.4 Å². The van der Waals surface area contributed by atoms with Gasteiger partial charge in [-0.25, -0.2) is 13.2 Å². The molecule has 0 radical (unpaired) electrons. The summed E-state index contributed by atoms with van der Waals surface area (Å²) in [6, 6.07) is 7.04. The van der Waals surface area contributed by atoms with E-state index in [0.717, 1.165) is 29.2 Å². The molecule has 2 aromatic carbocycles. The van der Waals surface area contributed by atoms with Crippen LogP contribution in [-0.2, 0) is 11.4 Å². The molecule has 1 atom stereocenters. The fraction of sp³-hybridized carbons (Fsp3) is 0.304. The number of carboxylic acids is 1. The molecule has 0 bridgehead atoms. The highest BCUT2D eigenvalue weighted by atomic mass is 32.1. The molecule has 0 aliphatic rings. The molecular formula is C23H22F3NO3S. The van der Waals surface area contributed by atoms with Gasteiger partial charge in [0, 0.05) is 11.1 Å². The van der Waals surface area contributed by atoms with Crippen LogP contribution in [0.2, 0.25) is 0 Å². The molecule has 1 N–H and O–H groups in total. The number of hydrogen-bond acceptors (Lipinski definition) is 4. The number of carboxylic acid groups (broad SMARTS) is 1. The number of benzene rings is 2. The van der Waals surface area contributed by atoms with E-state index in [4.69, 9.17) is 9.84 Å². The van der Waals surface area contributed by atoms with E-state index < -0.39 is 35.1 Å². The molecule has 164 valence electrons. The van der Waals surface area contributed by atoms with Crippen molar-refractivity contribution >= 4 is 17.5 Å². The summed E-state index contributed by atoms with van der Waals surface area (Å²) in [6.45, 7) is 5.07. The minimum Gasteiger partial charge on any atom is -0.483 e. The Morgan fingerprint density at radius 2 is 1.81 bits per heavy atom. The summed E-state index contributed by atoms with van der Waals surface area (Å²) in [4.78, 5) is 11.5. The molecule has 1 aromatic heterocycles. The average molecular weight is 449 g/mol. The zero-order valence-electron chi connectivity index (χ0n) is 17.3. The summed E-state index contributed by atoms with van der Waals surface area (Å²) in [5, 5.41) is 9.00. The van der Waals surface area contributed by atoms with Gasteiger partial charge in [-0.15, -0.1) is 0 Å². The highest BCUT2D eigenvalue weighted by Crippen LogP contribution is 2.35. The molecule has 31 heavy (non-hydrogen) atoms. The van der Waals surface area contributed by atoms with E-state index in [2.05, 4.69) is 4.37 Å². The smallest absolute Gasteiger partial charge is 0.303 e. The maximum Gasteiger partial charge on any atom is 0.303 e. The van der Waals surface area contributed by atoms with Gasteiger partial charge in [-0.1, -0.05) is 19.1 Å². The van der Waals surface area contributed by atoms with Crippen LogP contribution >= 0.6 is 11.5 Å². The van der Waals surface area contributed by atoms with E-state index in [-0.39, 0.29) is 18.6 Å². The molecule has 0 saturated carbocycles. The molecule has 1 heterocycles. The van der Waals surface area contributed by atoms with Gasteiger partial charge in [0.2, 0.25) is 0 Å². The van der Waals surface area contributed by atoms with Crippen LogP contribution in [0.4, 0.5) is 13.2 Å². The average Bonchev–Trinajstić information content (AvgIpc) is 3.05. The molecule has 3 aromatic rings. The monoisotopic (exact) mass is 449 g/mol. The predicted molar refractivity (Wildman–Crippen MR) is 113 cm³/mol. The van der Waals surface area contributed by atoms with Gasteiger partial charge in [0.15, 0.2) is 17.4 Å². The van der Waals surface area contributed by atoms with Gasteiger partial charge in [-0.3, -0.25) is 4.79 Å². The van der Waals surface area contributed by atoms with Gasteiger partial charge in [-0.2, -0.15) is 4.37 Å². The first-order chi connectivity index (χ1) is 14.7. The Bertz CT molecular complexity index is 1090. The molecule has 4 nitrogen and oxygen atoms in total. The lowest BCUT2D eigenvalue weighted by molar-refractivity contribution is -0.137. The first-order valence-corrected chi connectivity index (χ1v) is 10.5. The first-order valence-electron chi connectivity index (χ1n) is 9.76. The number of nitrogens with zero attached hydrogens (tertiary/aromatic N) is 1. The molecule has 3 rings (SSSR count). The second kappa shape index (κ2) is 9.51. The highest BCUT2D eigenvalue weighted by molar-refractivity contribution is 7.09. The van der Waals surface area contributed by atoms with Crippen molar-refractivity contribution in [1.82, 2.24) is 4.37 Å². The minimum atomic E-state index is -1.04. The van der Waals surface area contributed by atoms with E-state index in [0.29, 0.717) is 28.1 Å². The van der Waals surface area contributed by atoms with E-state index in [9.17, 15) is 18.0 Å². The first kappa shape index (κ1) is 22.8. The fourth-order valence-corrected chi connectivity index (χ4v) is 4.30. The summed E-state index contributed by atoms with van der Waals surface area (Å²) in [5.74, 6) is -4.34. The van der Waals surface area contributed by atoms with Gasteiger partial charge >= 0.3 is 5.97 Å². The Hall–Kier alpha value is -2.87. The number of carbonyl (C=O) groups is 1. The van der Waals surface area contributed by atoms with Crippen molar-refractivity contribution < 1.29 is 27.8 Å². The lowest BCUT2D eigenvalue weighted by atomic mass is 9.93. The second-order valence-electron chi connectivity index (χ2n) is 7.36. The molecule has 1 unspecified atom stereocenters. The topological polar surface area (TPSA) is 59.4 Å². The number of hydrogen-bond donors (Lipinski definition) is 1. The predicted octanol–water partition coefficient (Wildman–Crippen LogP) is 6.39. The number of aromatic nitrogens is 1. The SMILES string of the molecule is CCC(CC(=O)O)c1cc(F)c(OCc2c(C)nsc2-c2ccc(C)cc2F)c(F)c1. The van der Waals surface area contributed by atoms with Gasteiger partial charge in [-0.05, 0) is 67.0 Å². The molecule has 0 amide bonds. The minimum absolute atomic E-state index is 0.190. The lowest BCUT2D eigenvalue weighted by Crippen LogP contribution is -2.08. The maximum atomic E-state index is 14.6. The van der Waals surface area contributed by atoms with Gasteiger partial charge < -0.3 is 9.84 Å². The van der Waals surface area contributed by atoms with Gasteiger partial charge in [0.25, 0.3) is 0 Å².